The van der Waals surface area contributed by atoms with Crippen molar-refractivity contribution in [3.8, 4) is 0 Å². The molecular formula is C24H26N2O4S. The van der Waals surface area contributed by atoms with Gasteiger partial charge < -0.3 is 20.1 Å². The van der Waals surface area contributed by atoms with Crippen molar-refractivity contribution >= 4 is 23.5 Å². The lowest BCUT2D eigenvalue weighted by Crippen LogP contribution is -2.26. The van der Waals surface area contributed by atoms with Crippen LogP contribution >= 0.6 is 11.3 Å². The fraction of sp³-hybridized carbons (Fsp3) is 0.250. The number of rotatable bonds is 10. The maximum Gasteiger partial charge on any atom is 0.407 e. The van der Waals surface area contributed by atoms with Crippen molar-refractivity contribution in [3.63, 3.8) is 0 Å². The fourth-order valence-corrected chi connectivity index (χ4v) is 3.83. The predicted molar refractivity (Wildman–Crippen MR) is 121 cm³/mol. The summed E-state index contributed by atoms with van der Waals surface area (Å²) < 4.78 is 10.4. The summed E-state index contributed by atoms with van der Waals surface area (Å²) in [5, 5.41) is 5.54. The number of carbonyl (C=O) groups is 2. The fourth-order valence-electron chi connectivity index (χ4n) is 2.81. The van der Waals surface area contributed by atoms with Crippen LogP contribution in [-0.4, -0.2) is 25.3 Å². The molecule has 0 aliphatic rings. The van der Waals surface area contributed by atoms with E-state index in [2.05, 4.69) is 10.6 Å². The second-order valence-electron chi connectivity index (χ2n) is 6.85. The van der Waals surface area contributed by atoms with Gasteiger partial charge in [0.05, 0.1) is 0 Å². The molecule has 0 aliphatic carbocycles. The molecule has 31 heavy (non-hydrogen) atoms. The van der Waals surface area contributed by atoms with E-state index in [4.69, 9.17) is 9.47 Å². The number of amides is 2. The Morgan fingerprint density at radius 1 is 0.645 bits per heavy atom. The van der Waals surface area contributed by atoms with E-state index in [1.165, 1.54) is 9.75 Å². The van der Waals surface area contributed by atoms with Gasteiger partial charge >= 0.3 is 12.2 Å². The van der Waals surface area contributed by atoms with Crippen molar-refractivity contribution in [2.24, 2.45) is 0 Å². The molecule has 2 amide bonds. The van der Waals surface area contributed by atoms with E-state index in [0.717, 1.165) is 24.0 Å². The van der Waals surface area contributed by atoms with Gasteiger partial charge in [0.1, 0.15) is 13.2 Å². The third-order valence-electron chi connectivity index (χ3n) is 4.42. The third kappa shape index (κ3) is 8.52. The Morgan fingerprint density at radius 3 is 1.48 bits per heavy atom. The summed E-state index contributed by atoms with van der Waals surface area (Å²) in [4.78, 5) is 25.9. The van der Waals surface area contributed by atoms with E-state index in [1.807, 2.05) is 72.8 Å². The molecular weight excluding hydrogens is 412 g/mol. The summed E-state index contributed by atoms with van der Waals surface area (Å²) in [6, 6.07) is 23.2. The highest BCUT2D eigenvalue weighted by Crippen LogP contribution is 2.17. The predicted octanol–water partition coefficient (Wildman–Crippen LogP) is 4.69. The van der Waals surface area contributed by atoms with Gasteiger partial charge in [0.15, 0.2) is 0 Å². The molecule has 1 heterocycles. The number of carbonyl (C=O) groups excluding carboxylic acids is 2. The summed E-state index contributed by atoms with van der Waals surface area (Å²) in [7, 11) is 0. The number of benzene rings is 2. The van der Waals surface area contributed by atoms with Gasteiger partial charge in [-0.1, -0.05) is 60.7 Å². The Hall–Kier alpha value is -3.32. The molecule has 162 valence electrons. The van der Waals surface area contributed by atoms with Crippen LogP contribution in [0.2, 0.25) is 0 Å². The van der Waals surface area contributed by atoms with E-state index >= 15 is 0 Å². The molecule has 0 spiro atoms. The van der Waals surface area contributed by atoms with Crippen molar-refractivity contribution in [1.82, 2.24) is 10.6 Å². The molecule has 1 aromatic heterocycles. The highest BCUT2D eigenvalue weighted by molar-refractivity contribution is 7.12. The summed E-state index contributed by atoms with van der Waals surface area (Å²) in [6.07, 6.45) is 0.632. The zero-order valence-electron chi connectivity index (χ0n) is 17.2. The van der Waals surface area contributed by atoms with Gasteiger partial charge in [-0.05, 0) is 36.1 Å². The highest BCUT2D eigenvalue weighted by Gasteiger charge is 2.06. The summed E-state index contributed by atoms with van der Waals surface area (Å²) in [6.45, 7) is 1.54. The average Bonchev–Trinajstić information content (AvgIpc) is 3.25. The maximum absolute atomic E-state index is 11.8. The van der Waals surface area contributed by atoms with Gasteiger partial charge in [-0.3, -0.25) is 0 Å². The minimum atomic E-state index is -0.418. The van der Waals surface area contributed by atoms with Gasteiger partial charge in [-0.2, -0.15) is 0 Å². The van der Waals surface area contributed by atoms with Gasteiger partial charge in [0, 0.05) is 22.8 Å². The Labute approximate surface area is 186 Å². The van der Waals surface area contributed by atoms with Gasteiger partial charge in [0.25, 0.3) is 0 Å². The Balaban J connectivity index is 1.26. The van der Waals surface area contributed by atoms with Crippen molar-refractivity contribution in [3.05, 3.63) is 93.7 Å². The largest absolute Gasteiger partial charge is 0.445 e. The lowest BCUT2D eigenvalue weighted by atomic mass is 10.2. The maximum atomic E-state index is 11.8. The molecule has 0 saturated carbocycles. The van der Waals surface area contributed by atoms with Crippen LogP contribution in [0.3, 0.4) is 0 Å². The number of nitrogens with one attached hydrogen (secondary N) is 2. The van der Waals surface area contributed by atoms with Crippen molar-refractivity contribution < 1.29 is 19.1 Å². The van der Waals surface area contributed by atoms with Crippen LogP contribution in [0.15, 0.2) is 72.8 Å². The van der Waals surface area contributed by atoms with Gasteiger partial charge in [0.2, 0.25) is 0 Å². The van der Waals surface area contributed by atoms with Crippen LogP contribution in [0.25, 0.3) is 0 Å². The SMILES string of the molecule is O=C(NCCc1ccc(CCNC(=O)OCc2ccccc2)s1)OCc1ccccc1. The lowest BCUT2D eigenvalue weighted by molar-refractivity contribution is 0.139. The molecule has 0 bridgehead atoms. The molecule has 7 heteroatoms. The standard InChI is InChI=1S/C24H26N2O4S/c27-23(29-17-19-7-3-1-4-8-19)25-15-13-21-11-12-22(31-21)14-16-26-24(28)30-18-20-9-5-2-6-10-20/h1-12H,13-18H2,(H,25,27)(H,26,28). The van der Waals surface area contributed by atoms with Gasteiger partial charge in [-0.15, -0.1) is 11.3 Å². The van der Waals surface area contributed by atoms with Crippen LogP contribution in [0, 0.1) is 0 Å². The molecule has 0 atom stereocenters. The molecule has 0 aliphatic heterocycles. The molecule has 2 N–H and O–H groups in total. The van der Waals surface area contributed by atoms with E-state index < -0.39 is 12.2 Å². The molecule has 6 nitrogen and oxygen atoms in total. The number of thiophene rings is 1. The molecule has 0 radical (unpaired) electrons. The number of hydrogen-bond donors (Lipinski definition) is 2. The normalized spacial score (nSPS) is 10.3. The van der Waals surface area contributed by atoms with E-state index in [1.54, 1.807) is 11.3 Å². The second-order valence-corrected chi connectivity index (χ2v) is 8.10. The number of alkyl carbamates (subject to hydrolysis) is 2. The minimum Gasteiger partial charge on any atom is -0.445 e. The van der Waals surface area contributed by atoms with Crippen molar-refractivity contribution in [2.45, 2.75) is 26.1 Å². The quantitative estimate of drug-likeness (QED) is 0.482. The molecule has 3 aromatic rings. The van der Waals surface area contributed by atoms with Crippen molar-refractivity contribution in [2.75, 3.05) is 13.1 Å². The Morgan fingerprint density at radius 2 is 1.06 bits per heavy atom. The Kier molecular flexibility index (Phi) is 8.94. The second kappa shape index (κ2) is 12.4. The lowest BCUT2D eigenvalue weighted by Gasteiger charge is -2.07. The zero-order valence-corrected chi connectivity index (χ0v) is 18.0. The van der Waals surface area contributed by atoms with Crippen LogP contribution in [-0.2, 0) is 35.5 Å². The first-order valence-electron chi connectivity index (χ1n) is 10.2. The van der Waals surface area contributed by atoms with E-state index in [9.17, 15) is 9.59 Å². The molecule has 2 aromatic carbocycles. The van der Waals surface area contributed by atoms with Crippen LogP contribution in [0.1, 0.15) is 20.9 Å². The van der Waals surface area contributed by atoms with Crippen molar-refractivity contribution in [1.29, 1.82) is 0 Å². The van der Waals surface area contributed by atoms with Crippen LogP contribution < -0.4 is 10.6 Å². The zero-order chi connectivity index (χ0) is 21.7. The van der Waals surface area contributed by atoms with E-state index in [-0.39, 0.29) is 13.2 Å². The van der Waals surface area contributed by atoms with Crippen LogP contribution in [0.4, 0.5) is 9.59 Å². The van der Waals surface area contributed by atoms with Gasteiger partial charge in [-0.25, -0.2) is 9.59 Å². The monoisotopic (exact) mass is 438 g/mol. The molecule has 0 fully saturated rings. The highest BCUT2D eigenvalue weighted by atomic mass is 32.1. The molecule has 3 rings (SSSR count). The first kappa shape index (κ1) is 22.4. The summed E-state index contributed by atoms with van der Waals surface area (Å²) in [5.41, 5.74) is 1.91. The summed E-state index contributed by atoms with van der Waals surface area (Å²) >= 11 is 1.67. The topological polar surface area (TPSA) is 76.7 Å². The van der Waals surface area contributed by atoms with Crippen LogP contribution in [0.5, 0.6) is 0 Å². The molecule has 0 saturated heterocycles. The third-order valence-corrected chi connectivity index (χ3v) is 5.63. The average molecular weight is 439 g/mol. The first-order valence-corrected chi connectivity index (χ1v) is 11.0. The summed E-state index contributed by atoms with van der Waals surface area (Å²) in [5.74, 6) is 0. The minimum absolute atomic E-state index is 0.261. The Bertz CT molecular complexity index is 868. The first-order chi connectivity index (χ1) is 15.2. The smallest absolute Gasteiger partial charge is 0.407 e. The number of hydrogen-bond acceptors (Lipinski definition) is 5. The number of ether oxygens (including phenoxy) is 2. The van der Waals surface area contributed by atoms with E-state index in [0.29, 0.717) is 13.1 Å². The molecule has 0 unspecified atom stereocenters.